The summed E-state index contributed by atoms with van der Waals surface area (Å²) in [5, 5.41) is 2.59. The molecule has 2 rings (SSSR count). The fraction of sp³-hybridized carbons (Fsp3) is 0.444. The van der Waals surface area contributed by atoms with Crippen LogP contribution in [0.3, 0.4) is 0 Å². The smallest absolute Gasteiger partial charge is 0.331 e. The molecule has 8 nitrogen and oxygen atoms in total. The molecule has 0 spiro atoms. The fourth-order valence-corrected chi connectivity index (χ4v) is 3.80. The Morgan fingerprint density at radius 3 is 2.33 bits per heavy atom. The van der Waals surface area contributed by atoms with Gasteiger partial charge >= 0.3 is 5.97 Å². The minimum atomic E-state index is -3.59. The molecule has 1 atom stereocenters. The molecule has 0 unspecified atom stereocenters. The summed E-state index contributed by atoms with van der Waals surface area (Å²) in [7, 11) is -3.59. The molecular formula is C18H24N2O6S. The minimum absolute atomic E-state index is 0.144. The van der Waals surface area contributed by atoms with Crippen molar-refractivity contribution in [3.8, 4) is 0 Å². The summed E-state index contributed by atoms with van der Waals surface area (Å²) in [6, 6.07) is 5.85. The van der Waals surface area contributed by atoms with E-state index in [-0.39, 0.29) is 4.90 Å². The van der Waals surface area contributed by atoms with Gasteiger partial charge in [-0.05, 0) is 45.0 Å². The van der Waals surface area contributed by atoms with Crippen molar-refractivity contribution < 1.29 is 27.5 Å². The van der Waals surface area contributed by atoms with E-state index in [9.17, 15) is 18.0 Å². The third-order valence-corrected chi connectivity index (χ3v) is 5.71. The van der Waals surface area contributed by atoms with Crippen LogP contribution >= 0.6 is 0 Å². The maximum atomic E-state index is 12.6. The third-order valence-electron chi connectivity index (χ3n) is 3.80. The number of ether oxygens (including phenoxy) is 2. The second-order valence-corrected chi connectivity index (χ2v) is 8.27. The molecule has 0 aromatic heterocycles. The Hall–Kier alpha value is -2.23. The van der Waals surface area contributed by atoms with Crippen molar-refractivity contribution in [3.63, 3.8) is 0 Å². The van der Waals surface area contributed by atoms with Gasteiger partial charge in [-0.25, -0.2) is 13.2 Å². The van der Waals surface area contributed by atoms with Crippen molar-refractivity contribution in [2.75, 3.05) is 31.6 Å². The van der Waals surface area contributed by atoms with Crippen LogP contribution in [0.15, 0.2) is 40.8 Å². The van der Waals surface area contributed by atoms with Crippen molar-refractivity contribution in [2.24, 2.45) is 0 Å². The third kappa shape index (κ3) is 5.88. The van der Waals surface area contributed by atoms with Crippen LogP contribution in [0.4, 0.5) is 5.69 Å². The second-order valence-electron chi connectivity index (χ2n) is 6.33. The molecule has 1 heterocycles. The number of nitrogens with one attached hydrogen (secondary N) is 1. The Balaban J connectivity index is 1.99. The summed E-state index contributed by atoms with van der Waals surface area (Å²) in [6.07, 6.45) is 0.319. The predicted octanol–water partition coefficient (Wildman–Crippen LogP) is 1.54. The zero-order valence-electron chi connectivity index (χ0n) is 15.6. The zero-order valence-corrected chi connectivity index (χ0v) is 16.4. The summed E-state index contributed by atoms with van der Waals surface area (Å²) in [5.74, 6) is -1.10. The minimum Gasteiger partial charge on any atom is -0.449 e. The number of carbonyl (C=O) groups excluding carboxylic acids is 2. The molecule has 1 N–H and O–H groups in total. The molecule has 1 saturated heterocycles. The molecule has 1 aromatic carbocycles. The molecule has 1 aliphatic heterocycles. The number of esters is 1. The highest BCUT2D eigenvalue weighted by molar-refractivity contribution is 7.89. The molecule has 0 radical (unpaired) electrons. The maximum Gasteiger partial charge on any atom is 0.331 e. The van der Waals surface area contributed by atoms with Crippen molar-refractivity contribution in [1.29, 1.82) is 0 Å². The Kier molecular flexibility index (Phi) is 7.11. The lowest BCUT2D eigenvalue weighted by molar-refractivity contribution is -0.148. The Bertz CT molecular complexity index is 807. The molecule has 0 bridgehead atoms. The molecule has 1 aliphatic rings. The van der Waals surface area contributed by atoms with Gasteiger partial charge < -0.3 is 14.8 Å². The number of sulfonamides is 1. The number of allylic oxidation sites excluding steroid dienone is 1. The monoisotopic (exact) mass is 396 g/mol. The van der Waals surface area contributed by atoms with Gasteiger partial charge in [-0.15, -0.1) is 0 Å². The normalized spacial score (nSPS) is 16.3. The fourth-order valence-electron chi connectivity index (χ4n) is 2.39. The molecule has 0 saturated carbocycles. The van der Waals surface area contributed by atoms with Crippen LogP contribution in [0, 0.1) is 0 Å². The number of carbonyl (C=O) groups is 2. The first-order valence-electron chi connectivity index (χ1n) is 8.54. The van der Waals surface area contributed by atoms with Crippen LogP contribution < -0.4 is 5.32 Å². The average molecular weight is 396 g/mol. The molecule has 1 fully saturated rings. The molecule has 148 valence electrons. The van der Waals surface area contributed by atoms with Gasteiger partial charge in [0.05, 0.1) is 18.1 Å². The molecule has 1 amide bonds. The summed E-state index contributed by atoms with van der Waals surface area (Å²) in [6.45, 7) is 6.33. The summed E-state index contributed by atoms with van der Waals surface area (Å²) >= 11 is 0. The topological polar surface area (TPSA) is 102 Å². The highest BCUT2D eigenvalue weighted by Gasteiger charge is 2.26. The number of morpholine rings is 1. The van der Waals surface area contributed by atoms with Crippen molar-refractivity contribution in [1.82, 2.24) is 4.31 Å². The standard InChI is InChI=1S/C18H24N2O6S/c1-13(2)12-17(21)26-14(3)18(22)19-15-4-6-16(7-5-15)27(23,24)20-8-10-25-11-9-20/h4-7,12,14H,8-11H2,1-3H3,(H,19,22)/t14-/m0/s1. The Morgan fingerprint density at radius 2 is 1.78 bits per heavy atom. The van der Waals surface area contributed by atoms with Gasteiger partial charge in [0.15, 0.2) is 6.10 Å². The van der Waals surface area contributed by atoms with Crippen LogP contribution in [0.1, 0.15) is 20.8 Å². The molecular weight excluding hydrogens is 372 g/mol. The molecule has 27 heavy (non-hydrogen) atoms. The van der Waals surface area contributed by atoms with Crippen LogP contribution in [0.2, 0.25) is 0 Å². The lowest BCUT2D eigenvalue weighted by Gasteiger charge is -2.26. The van der Waals surface area contributed by atoms with E-state index in [2.05, 4.69) is 5.32 Å². The van der Waals surface area contributed by atoms with Crippen LogP contribution in [-0.4, -0.2) is 57.0 Å². The summed E-state index contributed by atoms with van der Waals surface area (Å²) < 4.78 is 36.7. The molecule has 9 heteroatoms. The van der Waals surface area contributed by atoms with E-state index in [4.69, 9.17) is 9.47 Å². The van der Waals surface area contributed by atoms with E-state index < -0.39 is 28.0 Å². The number of nitrogens with zero attached hydrogens (tertiary/aromatic N) is 1. The predicted molar refractivity (Wildman–Crippen MR) is 99.6 cm³/mol. The van der Waals surface area contributed by atoms with E-state index in [0.717, 1.165) is 5.57 Å². The first kappa shape index (κ1) is 21.1. The number of rotatable bonds is 6. The van der Waals surface area contributed by atoms with Gasteiger partial charge in [-0.3, -0.25) is 4.79 Å². The van der Waals surface area contributed by atoms with E-state index in [0.29, 0.717) is 32.0 Å². The van der Waals surface area contributed by atoms with Gasteiger partial charge in [-0.1, -0.05) is 5.57 Å². The number of hydrogen-bond donors (Lipinski definition) is 1. The number of hydrogen-bond acceptors (Lipinski definition) is 6. The van der Waals surface area contributed by atoms with Gasteiger partial charge in [0.2, 0.25) is 10.0 Å². The van der Waals surface area contributed by atoms with Gasteiger partial charge in [0.1, 0.15) is 0 Å². The second kappa shape index (κ2) is 9.12. The number of amides is 1. The maximum absolute atomic E-state index is 12.6. The summed E-state index contributed by atoms with van der Waals surface area (Å²) in [5.41, 5.74) is 1.18. The van der Waals surface area contributed by atoms with E-state index >= 15 is 0 Å². The zero-order chi connectivity index (χ0) is 20.0. The largest absolute Gasteiger partial charge is 0.449 e. The quantitative estimate of drug-likeness (QED) is 0.578. The van der Waals surface area contributed by atoms with Crippen LogP contribution in [0.25, 0.3) is 0 Å². The molecule has 0 aliphatic carbocycles. The SMILES string of the molecule is CC(C)=CC(=O)O[C@@H](C)C(=O)Nc1ccc(S(=O)(=O)N2CCOCC2)cc1. The first-order chi connectivity index (χ1) is 12.7. The lowest BCUT2D eigenvalue weighted by atomic mass is 10.3. The number of benzene rings is 1. The van der Waals surface area contributed by atoms with Gasteiger partial charge in [0.25, 0.3) is 5.91 Å². The molecule has 1 aromatic rings. The lowest BCUT2D eigenvalue weighted by Crippen LogP contribution is -2.40. The first-order valence-corrected chi connectivity index (χ1v) is 9.98. The van der Waals surface area contributed by atoms with Crippen LogP contribution in [0.5, 0.6) is 0 Å². The van der Waals surface area contributed by atoms with Crippen LogP contribution in [-0.2, 0) is 29.1 Å². The Morgan fingerprint density at radius 1 is 1.19 bits per heavy atom. The van der Waals surface area contributed by atoms with E-state index in [1.165, 1.54) is 41.6 Å². The van der Waals surface area contributed by atoms with Crippen molar-refractivity contribution in [3.05, 3.63) is 35.9 Å². The van der Waals surface area contributed by atoms with Crippen molar-refractivity contribution >= 4 is 27.6 Å². The van der Waals surface area contributed by atoms with Crippen molar-refractivity contribution in [2.45, 2.75) is 31.8 Å². The highest BCUT2D eigenvalue weighted by Crippen LogP contribution is 2.19. The number of anilines is 1. The van der Waals surface area contributed by atoms with Gasteiger partial charge in [0, 0.05) is 24.9 Å². The summed E-state index contributed by atoms with van der Waals surface area (Å²) in [4.78, 5) is 23.8. The average Bonchev–Trinajstić information content (AvgIpc) is 2.62. The van der Waals surface area contributed by atoms with E-state index in [1.807, 2.05) is 0 Å². The highest BCUT2D eigenvalue weighted by atomic mass is 32.2. The van der Waals surface area contributed by atoms with E-state index in [1.54, 1.807) is 13.8 Å². The van der Waals surface area contributed by atoms with Gasteiger partial charge in [-0.2, -0.15) is 4.31 Å². The Labute approximate surface area is 159 Å².